The lowest BCUT2D eigenvalue weighted by Gasteiger charge is -2.18. The molecule has 134 valence electrons. The Balaban J connectivity index is 2.03. The van der Waals surface area contributed by atoms with Gasteiger partial charge in [-0.25, -0.2) is 0 Å². The van der Waals surface area contributed by atoms with E-state index in [9.17, 15) is 0 Å². The Hall–Kier alpha value is -2.28. The minimum atomic E-state index is 0.559. The molecule has 2 atom stereocenters. The normalized spacial score (nSPS) is 25.9. The topological polar surface area (TPSA) is 15.8 Å². The van der Waals surface area contributed by atoms with E-state index in [1.54, 1.807) is 0 Å². The van der Waals surface area contributed by atoms with Crippen LogP contribution in [0.25, 0.3) is 11.6 Å². The summed E-state index contributed by atoms with van der Waals surface area (Å²) in [6, 6.07) is 2.23. The van der Waals surface area contributed by atoms with Crippen LogP contribution in [0.15, 0.2) is 71.5 Å². The monoisotopic (exact) mass is 343 g/mol. The van der Waals surface area contributed by atoms with Gasteiger partial charge in [-0.3, -0.25) is 0 Å². The van der Waals surface area contributed by atoms with Gasteiger partial charge in [0.1, 0.15) is 0 Å². The lowest BCUT2D eigenvalue weighted by atomic mass is 9.86. The van der Waals surface area contributed by atoms with Gasteiger partial charge in [0, 0.05) is 16.8 Å². The molecule has 1 heteroatoms. The van der Waals surface area contributed by atoms with Crippen LogP contribution >= 0.6 is 0 Å². The second-order valence-corrected chi connectivity index (χ2v) is 7.92. The van der Waals surface area contributed by atoms with Gasteiger partial charge in [-0.05, 0) is 72.3 Å². The van der Waals surface area contributed by atoms with Crippen LogP contribution in [0.1, 0.15) is 46.0 Å². The van der Waals surface area contributed by atoms with Crippen LogP contribution < -0.4 is 10.6 Å². The number of aromatic amines is 1. The average Bonchev–Trinajstić information content (AvgIpc) is 2.95. The molecule has 1 N–H and O–H groups in total. The van der Waals surface area contributed by atoms with Crippen LogP contribution in [0, 0.1) is 11.8 Å². The average molecular weight is 344 g/mol. The molecule has 0 aromatic carbocycles. The lowest BCUT2D eigenvalue weighted by molar-refractivity contribution is 0.732. The summed E-state index contributed by atoms with van der Waals surface area (Å²) in [4.78, 5) is 3.45. The smallest absolute Gasteiger partial charge is 0.0419 e. The van der Waals surface area contributed by atoms with E-state index in [2.05, 4.69) is 79.7 Å². The fourth-order valence-corrected chi connectivity index (χ4v) is 4.07. The first-order chi connectivity index (χ1) is 12.7. The van der Waals surface area contributed by atoms with Gasteiger partial charge in [0.25, 0.3) is 0 Å². The van der Waals surface area contributed by atoms with Gasteiger partial charge in [-0.15, -0.1) is 0 Å². The molecule has 4 rings (SSSR count). The second kappa shape index (κ2) is 7.53. The molecule has 0 aliphatic heterocycles. The van der Waals surface area contributed by atoms with Crippen molar-refractivity contribution >= 4 is 11.6 Å². The van der Waals surface area contributed by atoms with Crippen LogP contribution in [0.4, 0.5) is 0 Å². The summed E-state index contributed by atoms with van der Waals surface area (Å²) in [5.41, 5.74) is 5.68. The molecule has 0 saturated heterocycles. The molecule has 0 spiro atoms. The molecule has 0 radical (unpaired) electrons. The summed E-state index contributed by atoms with van der Waals surface area (Å²) in [6.07, 6.45) is 27.0. The van der Waals surface area contributed by atoms with Crippen molar-refractivity contribution in [3.63, 3.8) is 0 Å². The number of nitrogens with one attached hydrogen (secondary N) is 1. The van der Waals surface area contributed by atoms with Gasteiger partial charge in [0.2, 0.25) is 0 Å². The van der Waals surface area contributed by atoms with Crippen molar-refractivity contribution in [1.82, 2.24) is 4.98 Å². The number of fused-ring (bicyclic) bond motifs is 2. The van der Waals surface area contributed by atoms with Crippen LogP contribution in [0.3, 0.4) is 0 Å². The molecule has 2 unspecified atom stereocenters. The van der Waals surface area contributed by atoms with Gasteiger partial charge in [0.05, 0.1) is 0 Å². The summed E-state index contributed by atoms with van der Waals surface area (Å²) >= 11 is 0. The number of H-pyrrole nitrogens is 1. The Morgan fingerprint density at radius 1 is 0.885 bits per heavy atom. The molecule has 1 aromatic heterocycles. The van der Waals surface area contributed by atoms with E-state index in [0.717, 1.165) is 12.8 Å². The molecule has 0 fully saturated rings. The van der Waals surface area contributed by atoms with Crippen molar-refractivity contribution in [3.05, 3.63) is 82.1 Å². The predicted octanol–water partition coefficient (Wildman–Crippen LogP) is 5.10. The number of hydrogen-bond acceptors (Lipinski definition) is 0. The number of aromatic nitrogens is 1. The SMILES string of the molecule is CC1C=CC(C2=c3cc[nH]c3=CCC(C)C=C2)=C2C=CCCCC2=CC1. The van der Waals surface area contributed by atoms with Crippen LogP contribution in [-0.4, -0.2) is 4.98 Å². The Kier molecular flexibility index (Phi) is 4.97. The molecule has 0 amide bonds. The summed E-state index contributed by atoms with van der Waals surface area (Å²) in [5.74, 6) is 1.14. The summed E-state index contributed by atoms with van der Waals surface area (Å²) < 4.78 is 0. The number of allylic oxidation sites excluding steroid dienone is 10. The molecule has 26 heavy (non-hydrogen) atoms. The van der Waals surface area contributed by atoms with Gasteiger partial charge in [-0.1, -0.05) is 62.5 Å². The van der Waals surface area contributed by atoms with E-state index in [0.29, 0.717) is 11.8 Å². The molecular weight excluding hydrogens is 314 g/mol. The summed E-state index contributed by atoms with van der Waals surface area (Å²) in [7, 11) is 0. The van der Waals surface area contributed by atoms with Crippen LogP contribution in [-0.2, 0) is 0 Å². The highest BCUT2D eigenvalue weighted by Crippen LogP contribution is 2.33. The van der Waals surface area contributed by atoms with E-state index >= 15 is 0 Å². The quantitative estimate of drug-likeness (QED) is 0.730. The van der Waals surface area contributed by atoms with E-state index in [1.807, 2.05) is 0 Å². The Morgan fingerprint density at radius 3 is 2.50 bits per heavy atom. The molecule has 1 aromatic rings. The number of hydrogen-bond donors (Lipinski definition) is 1. The first-order valence-corrected chi connectivity index (χ1v) is 10.1. The van der Waals surface area contributed by atoms with Crippen molar-refractivity contribution in [2.45, 2.75) is 46.0 Å². The third kappa shape index (κ3) is 3.49. The van der Waals surface area contributed by atoms with Gasteiger partial charge in [0.15, 0.2) is 0 Å². The molecule has 0 bridgehead atoms. The zero-order valence-electron chi connectivity index (χ0n) is 16.0. The lowest BCUT2D eigenvalue weighted by Crippen LogP contribution is -2.26. The molecular formula is C25H29N. The maximum absolute atomic E-state index is 3.45. The second-order valence-electron chi connectivity index (χ2n) is 7.92. The maximum Gasteiger partial charge on any atom is 0.0419 e. The van der Waals surface area contributed by atoms with E-state index in [-0.39, 0.29) is 0 Å². The van der Waals surface area contributed by atoms with Gasteiger partial charge in [-0.2, -0.15) is 0 Å². The largest absolute Gasteiger partial charge is 0.361 e. The molecule has 3 aliphatic carbocycles. The van der Waals surface area contributed by atoms with E-state index < -0.39 is 0 Å². The third-order valence-corrected chi connectivity index (χ3v) is 5.71. The fourth-order valence-electron chi connectivity index (χ4n) is 4.07. The Labute approximate surface area is 156 Å². The van der Waals surface area contributed by atoms with Crippen molar-refractivity contribution in [2.24, 2.45) is 11.8 Å². The van der Waals surface area contributed by atoms with Crippen molar-refractivity contribution in [2.75, 3.05) is 0 Å². The fraction of sp³-hybridized carbons (Fsp3) is 0.360. The zero-order valence-corrected chi connectivity index (χ0v) is 16.0. The summed E-state index contributed by atoms with van der Waals surface area (Å²) in [6.45, 7) is 4.61. The van der Waals surface area contributed by atoms with Crippen LogP contribution in [0.2, 0.25) is 0 Å². The van der Waals surface area contributed by atoms with Crippen molar-refractivity contribution in [1.29, 1.82) is 0 Å². The highest BCUT2D eigenvalue weighted by Gasteiger charge is 2.16. The third-order valence-electron chi connectivity index (χ3n) is 5.71. The zero-order chi connectivity index (χ0) is 17.9. The van der Waals surface area contributed by atoms with Crippen molar-refractivity contribution in [3.8, 4) is 0 Å². The first-order valence-electron chi connectivity index (χ1n) is 10.1. The number of rotatable bonds is 1. The predicted molar refractivity (Wildman–Crippen MR) is 112 cm³/mol. The summed E-state index contributed by atoms with van der Waals surface area (Å²) in [5, 5.41) is 2.58. The van der Waals surface area contributed by atoms with Crippen molar-refractivity contribution < 1.29 is 0 Å². The Morgan fingerprint density at radius 2 is 1.65 bits per heavy atom. The molecule has 1 heterocycles. The minimum Gasteiger partial charge on any atom is -0.361 e. The Bertz CT molecular complexity index is 943. The van der Waals surface area contributed by atoms with Gasteiger partial charge < -0.3 is 4.98 Å². The van der Waals surface area contributed by atoms with Gasteiger partial charge >= 0.3 is 0 Å². The highest BCUT2D eigenvalue weighted by molar-refractivity contribution is 5.80. The molecule has 1 nitrogen and oxygen atoms in total. The first kappa shape index (κ1) is 17.1. The molecule has 0 saturated carbocycles. The molecule has 3 aliphatic rings. The van der Waals surface area contributed by atoms with E-state index in [4.69, 9.17) is 0 Å². The standard InChI is InChI=1S/C25H29N/c1-18-8-12-20-6-4-3-5-7-21(20)22(13-9-18)23-14-10-19(2)11-15-25-24(23)16-17-26-25/h5,7,9-10,12-19,26H,3-4,6,8,11H2,1-2H3. The van der Waals surface area contributed by atoms with Crippen LogP contribution in [0.5, 0.6) is 0 Å². The highest BCUT2D eigenvalue weighted by atomic mass is 14.6. The van der Waals surface area contributed by atoms with E-state index in [1.165, 1.54) is 52.1 Å². The minimum absolute atomic E-state index is 0.559. The maximum atomic E-state index is 3.45.